The Morgan fingerprint density at radius 3 is 2.91 bits per heavy atom. The van der Waals surface area contributed by atoms with E-state index < -0.39 is 17.1 Å². The molecule has 6 rings (SSSR count). The molecule has 2 aliphatic rings. The number of amides is 1. The largest absolute Gasteiger partial charge is 0.491 e. The van der Waals surface area contributed by atoms with E-state index in [1.165, 1.54) is 17.0 Å². The van der Waals surface area contributed by atoms with Crippen molar-refractivity contribution in [3.63, 3.8) is 0 Å². The van der Waals surface area contributed by atoms with Crippen LogP contribution < -0.4 is 10.5 Å². The second-order valence-corrected chi connectivity index (χ2v) is 8.91. The second-order valence-electron chi connectivity index (χ2n) is 8.91. The number of nitriles is 1. The monoisotopic (exact) mass is 466 g/mol. The zero-order valence-corrected chi connectivity index (χ0v) is 18.7. The summed E-state index contributed by atoms with van der Waals surface area (Å²) in [5, 5.41) is 9.21. The van der Waals surface area contributed by atoms with Crippen LogP contribution in [0.3, 0.4) is 0 Å². The molecule has 1 aliphatic heterocycles. The van der Waals surface area contributed by atoms with Crippen LogP contribution in [0.15, 0.2) is 42.9 Å². The highest BCUT2D eigenvalue weighted by Gasteiger charge is 2.41. The number of hydrogen-bond donors (Lipinski definition) is 1. The third kappa shape index (κ3) is 3.32. The highest BCUT2D eigenvalue weighted by Crippen LogP contribution is 2.44. The van der Waals surface area contributed by atoms with Gasteiger partial charge in [0.1, 0.15) is 34.9 Å². The van der Waals surface area contributed by atoms with Crippen molar-refractivity contribution in [2.75, 3.05) is 19.4 Å². The topological polar surface area (TPSA) is 110 Å². The van der Waals surface area contributed by atoms with Gasteiger partial charge in [0.15, 0.2) is 0 Å². The molecular weight excluding hydrogens is 447 g/mol. The normalized spacial score (nSPS) is 17.2. The predicted octanol–water partition coefficient (Wildman–Crippen LogP) is 3.46. The number of benzene rings is 2. The first-order valence-electron chi connectivity index (χ1n) is 11.1. The number of carbonyl (C=O) groups is 1. The van der Waals surface area contributed by atoms with Gasteiger partial charge >= 0.3 is 0 Å². The highest BCUT2D eigenvalue weighted by molar-refractivity contribution is 5.98. The number of nitrogens with two attached hydrogens (primary N) is 1. The molecule has 0 bridgehead atoms. The van der Waals surface area contributed by atoms with Crippen LogP contribution in [-0.2, 0) is 0 Å². The Labute approximate surface area is 199 Å². The summed E-state index contributed by atoms with van der Waals surface area (Å²) in [5.41, 5.74) is 8.36. The molecule has 1 fully saturated rings. The number of likely N-dealkylation sites (N-methyl/N-ethyl adjacent to an activating group) is 1. The van der Waals surface area contributed by atoms with E-state index in [2.05, 4.69) is 27.9 Å². The molecule has 0 radical (unpaired) electrons. The van der Waals surface area contributed by atoms with E-state index >= 15 is 4.39 Å². The molecule has 35 heavy (non-hydrogen) atoms. The van der Waals surface area contributed by atoms with Gasteiger partial charge in [-0.05, 0) is 31.0 Å². The summed E-state index contributed by atoms with van der Waals surface area (Å²) in [6, 6.07) is 10.1. The second kappa shape index (κ2) is 7.44. The maximum atomic E-state index is 15.0. The number of nitrogens with zero attached hydrogens (tertiary/aromatic N) is 5. The number of rotatable bonds is 2. The molecule has 0 unspecified atom stereocenters. The van der Waals surface area contributed by atoms with E-state index in [1.54, 1.807) is 24.0 Å². The molecule has 1 amide bonds. The molecule has 4 aromatic rings. The first-order valence-corrected chi connectivity index (χ1v) is 11.1. The number of imidazole rings is 1. The molecule has 2 aromatic heterocycles. The molecule has 1 atom stereocenters. The first kappa shape index (κ1) is 20.9. The lowest BCUT2D eigenvalue weighted by Gasteiger charge is -2.24. The predicted molar refractivity (Wildman–Crippen MR) is 126 cm³/mol. The molecule has 0 saturated heterocycles. The van der Waals surface area contributed by atoms with Gasteiger partial charge in [0.05, 0.1) is 41.2 Å². The van der Waals surface area contributed by atoms with E-state index in [1.807, 2.05) is 18.2 Å². The fourth-order valence-corrected chi connectivity index (χ4v) is 4.37. The summed E-state index contributed by atoms with van der Waals surface area (Å²) in [6.45, 7) is 0.246. The molecule has 2 N–H and O–H groups in total. The lowest BCUT2D eigenvalue weighted by atomic mass is 10.0. The van der Waals surface area contributed by atoms with Crippen LogP contribution in [0.4, 0.5) is 10.2 Å². The van der Waals surface area contributed by atoms with Crippen molar-refractivity contribution in [2.45, 2.75) is 18.9 Å². The van der Waals surface area contributed by atoms with Gasteiger partial charge in [-0.25, -0.2) is 14.4 Å². The minimum absolute atomic E-state index is 0.0799. The minimum atomic E-state index is -0.683. The summed E-state index contributed by atoms with van der Waals surface area (Å²) in [6.07, 6.45) is 4.71. The van der Waals surface area contributed by atoms with E-state index in [0.717, 1.165) is 24.0 Å². The molecule has 3 heterocycles. The smallest absolute Gasteiger partial charge is 0.257 e. The zero-order valence-electron chi connectivity index (χ0n) is 18.7. The maximum absolute atomic E-state index is 15.0. The van der Waals surface area contributed by atoms with Crippen molar-refractivity contribution >= 4 is 28.3 Å². The van der Waals surface area contributed by atoms with E-state index in [0.29, 0.717) is 22.3 Å². The minimum Gasteiger partial charge on any atom is -0.491 e. The third-order valence-corrected chi connectivity index (χ3v) is 6.66. The van der Waals surface area contributed by atoms with Crippen LogP contribution in [0, 0.1) is 34.4 Å². The Balaban J connectivity index is 1.31. The van der Waals surface area contributed by atoms with Gasteiger partial charge in [-0.2, -0.15) is 5.26 Å². The molecule has 9 heteroatoms. The van der Waals surface area contributed by atoms with Crippen LogP contribution in [0.2, 0.25) is 0 Å². The van der Waals surface area contributed by atoms with Gasteiger partial charge in [0, 0.05) is 24.2 Å². The molecule has 1 aliphatic carbocycles. The van der Waals surface area contributed by atoms with Crippen molar-refractivity contribution in [1.82, 2.24) is 19.3 Å². The van der Waals surface area contributed by atoms with Crippen LogP contribution >= 0.6 is 0 Å². The van der Waals surface area contributed by atoms with Gasteiger partial charge in [0.2, 0.25) is 0 Å². The van der Waals surface area contributed by atoms with Crippen molar-refractivity contribution in [3.8, 4) is 23.7 Å². The number of aromatic nitrogens is 3. The molecule has 2 aromatic carbocycles. The van der Waals surface area contributed by atoms with Crippen molar-refractivity contribution in [3.05, 3.63) is 65.4 Å². The Bertz CT molecular complexity index is 1650. The van der Waals surface area contributed by atoms with E-state index in [-0.39, 0.29) is 24.0 Å². The third-order valence-electron chi connectivity index (χ3n) is 6.66. The molecule has 1 saturated carbocycles. The number of carbonyl (C=O) groups excluding carboxylic acids is 1. The number of fused-ring (bicyclic) bond motifs is 4. The number of nitrogen functional groups attached to an aromatic ring is 1. The maximum Gasteiger partial charge on any atom is 0.257 e. The van der Waals surface area contributed by atoms with Crippen molar-refractivity contribution < 1.29 is 13.9 Å². The van der Waals surface area contributed by atoms with Crippen LogP contribution in [-0.4, -0.2) is 38.8 Å². The summed E-state index contributed by atoms with van der Waals surface area (Å²) in [5.74, 6) is 5.79. The summed E-state index contributed by atoms with van der Waals surface area (Å²) < 4.78 is 22.5. The Hall–Kier alpha value is -4.63. The first-order chi connectivity index (χ1) is 16.9. The Morgan fingerprint density at radius 1 is 1.31 bits per heavy atom. The molecule has 172 valence electrons. The molecule has 0 spiro atoms. The Kier molecular flexibility index (Phi) is 4.45. The molecule has 8 nitrogen and oxygen atoms in total. The highest BCUT2D eigenvalue weighted by atomic mass is 19.1. The lowest BCUT2D eigenvalue weighted by Crippen LogP contribution is -2.32. The van der Waals surface area contributed by atoms with Gasteiger partial charge in [-0.3, -0.25) is 9.20 Å². The SMILES string of the molecule is CN(C(=O)c1cc2c(cc1F)nc(N)c1cncn12)[C@@H]1COc2cc(C#CC3(C#N)CC3)ccc21. The van der Waals surface area contributed by atoms with E-state index in [4.69, 9.17) is 10.5 Å². The average molecular weight is 466 g/mol. The standard InChI is InChI=1S/C26H19FN6O2/c1-32(22-12-35-23-8-15(2-3-16(22)23)4-5-26(13-28)6-7-26)25(34)17-9-20-19(10-18(17)27)31-24(29)21-11-30-14-33(20)21/h2-3,8-11,14,22H,6-7,12H2,1H3,(H2,29,31)/t22-/m1/s1. The number of hydrogen-bond acceptors (Lipinski definition) is 6. The number of halogens is 1. The number of anilines is 1. The average Bonchev–Trinajstić information content (AvgIpc) is 3.25. The fraction of sp³-hybridized carbons (Fsp3) is 0.231. The summed E-state index contributed by atoms with van der Waals surface area (Å²) in [7, 11) is 1.63. The van der Waals surface area contributed by atoms with Crippen LogP contribution in [0.5, 0.6) is 5.75 Å². The van der Waals surface area contributed by atoms with E-state index in [9.17, 15) is 10.1 Å². The fourth-order valence-electron chi connectivity index (χ4n) is 4.37. The lowest BCUT2D eigenvalue weighted by molar-refractivity contribution is 0.0704. The van der Waals surface area contributed by atoms with Gasteiger partial charge in [-0.1, -0.05) is 17.9 Å². The summed E-state index contributed by atoms with van der Waals surface area (Å²) >= 11 is 0. The van der Waals surface area contributed by atoms with Crippen molar-refractivity contribution in [2.24, 2.45) is 5.41 Å². The quantitative estimate of drug-likeness (QED) is 0.453. The van der Waals surface area contributed by atoms with Gasteiger partial charge in [-0.15, -0.1) is 0 Å². The Morgan fingerprint density at radius 2 is 2.14 bits per heavy atom. The van der Waals surface area contributed by atoms with Gasteiger partial charge < -0.3 is 15.4 Å². The van der Waals surface area contributed by atoms with Crippen LogP contribution in [0.1, 0.15) is 40.4 Å². The number of ether oxygens (including phenoxy) is 1. The molecular formula is C26H19FN6O2. The van der Waals surface area contributed by atoms with Gasteiger partial charge in [0.25, 0.3) is 5.91 Å². The zero-order chi connectivity index (χ0) is 24.3. The van der Waals surface area contributed by atoms with Crippen LogP contribution in [0.25, 0.3) is 16.6 Å². The van der Waals surface area contributed by atoms with Crippen molar-refractivity contribution in [1.29, 1.82) is 5.26 Å². The summed E-state index contributed by atoms with van der Waals surface area (Å²) in [4.78, 5) is 23.2.